The number of aromatic nitrogens is 2. The molecule has 1 aromatic heterocycles. The summed E-state index contributed by atoms with van der Waals surface area (Å²) < 4.78 is 67.6. The molecule has 2 aromatic carbocycles. The average molecular weight is 582 g/mol. The van der Waals surface area contributed by atoms with Crippen molar-refractivity contribution in [3.05, 3.63) is 75.6 Å². The van der Waals surface area contributed by atoms with Gasteiger partial charge in [-0.2, -0.15) is 5.09 Å². The number of hydrogen-bond donors (Lipinski definition) is 2. The molecule has 3 aromatic rings. The lowest BCUT2D eigenvalue weighted by molar-refractivity contribution is -0.179. The number of benzene rings is 2. The topological polar surface area (TPSA) is 138 Å². The van der Waals surface area contributed by atoms with Crippen molar-refractivity contribution in [1.82, 2.24) is 14.6 Å². The van der Waals surface area contributed by atoms with Crippen LogP contribution in [0.15, 0.2) is 64.3 Å². The first-order chi connectivity index (χ1) is 18.7. The Morgan fingerprint density at radius 3 is 2.58 bits per heavy atom. The number of rotatable bonds is 10. The lowest BCUT2D eigenvalue weighted by Gasteiger charge is -2.27. The van der Waals surface area contributed by atoms with E-state index in [0.29, 0.717) is 9.95 Å². The van der Waals surface area contributed by atoms with Crippen molar-refractivity contribution in [3.63, 3.8) is 0 Å². The summed E-state index contributed by atoms with van der Waals surface area (Å²) in [7, 11) is -4.55. The minimum Gasteiger partial charge on any atom is -0.462 e. The van der Waals surface area contributed by atoms with Crippen molar-refractivity contribution in [2.45, 2.75) is 64.0 Å². The van der Waals surface area contributed by atoms with Gasteiger partial charge in [-0.25, -0.2) is 18.1 Å². The monoisotopic (exact) mass is 581 g/mol. The fourth-order valence-electron chi connectivity index (χ4n) is 4.31. The van der Waals surface area contributed by atoms with Gasteiger partial charge < -0.3 is 14.0 Å². The number of aromatic amines is 1. The van der Waals surface area contributed by atoms with Gasteiger partial charge in [-0.1, -0.05) is 36.4 Å². The molecule has 2 N–H and O–H groups in total. The van der Waals surface area contributed by atoms with Crippen LogP contribution in [0.4, 0.5) is 8.78 Å². The van der Waals surface area contributed by atoms with Gasteiger partial charge >= 0.3 is 19.4 Å². The molecule has 0 aliphatic carbocycles. The van der Waals surface area contributed by atoms with E-state index in [1.807, 2.05) is 4.98 Å². The van der Waals surface area contributed by atoms with E-state index < -0.39 is 67.9 Å². The largest absolute Gasteiger partial charge is 0.462 e. The summed E-state index contributed by atoms with van der Waals surface area (Å²) in [5, 5.41) is 3.77. The van der Waals surface area contributed by atoms with Crippen molar-refractivity contribution in [1.29, 1.82) is 0 Å². The number of carbonyl (C=O) groups is 1. The summed E-state index contributed by atoms with van der Waals surface area (Å²) in [5.74, 6) is -3.52. The van der Waals surface area contributed by atoms with Crippen molar-refractivity contribution in [2.75, 3.05) is 6.61 Å². The number of alkyl halides is 2. The highest BCUT2D eigenvalue weighted by molar-refractivity contribution is 7.52. The van der Waals surface area contributed by atoms with Crippen molar-refractivity contribution in [2.24, 2.45) is 0 Å². The predicted molar refractivity (Wildman–Crippen MR) is 141 cm³/mol. The molecule has 5 atom stereocenters. The van der Waals surface area contributed by atoms with Gasteiger partial charge in [0.05, 0.1) is 6.10 Å². The van der Waals surface area contributed by atoms with Crippen LogP contribution in [0.25, 0.3) is 10.8 Å². The Bertz CT molecular complexity index is 1550. The molecule has 0 radical (unpaired) electrons. The number of halogens is 2. The molecule has 1 saturated heterocycles. The second-order valence-corrected chi connectivity index (χ2v) is 11.7. The van der Waals surface area contributed by atoms with Crippen molar-refractivity contribution < 1.29 is 36.7 Å². The Balaban J connectivity index is 1.61. The molecular formula is C26H30F2N3O8P. The third kappa shape index (κ3) is 6.67. The molecular weight excluding hydrogens is 551 g/mol. The Morgan fingerprint density at radius 2 is 1.88 bits per heavy atom. The molecule has 0 saturated carbocycles. The maximum Gasteiger partial charge on any atom is 0.459 e. The van der Waals surface area contributed by atoms with Gasteiger partial charge in [0, 0.05) is 24.1 Å². The number of carbonyl (C=O) groups excluding carboxylic acids is 1. The minimum absolute atomic E-state index is 0.117. The molecule has 5 unspecified atom stereocenters. The quantitative estimate of drug-likeness (QED) is 0.267. The van der Waals surface area contributed by atoms with E-state index in [-0.39, 0.29) is 5.75 Å². The van der Waals surface area contributed by atoms with Crippen LogP contribution in [-0.2, 0) is 23.4 Å². The number of fused-ring (bicyclic) bond motifs is 1. The van der Waals surface area contributed by atoms with E-state index in [1.54, 1.807) is 50.2 Å². The van der Waals surface area contributed by atoms with Gasteiger partial charge in [0.2, 0.25) is 5.85 Å². The molecule has 40 heavy (non-hydrogen) atoms. The van der Waals surface area contributed by atoms with Gasteiger partial charge in [-0.15, -0.1) is 0 Å². The lowest BCUT2D eigenvalue weighted by Crippen LogP contribution is -2.38. The third-order valence-electron chi connectivity index (χ3n) is 6.03. The highest BCUT2D eigenvalue weighted by atomic mass is 31.2. The number of ether oxygens (including phenoxy) is 2. The van der Waals surface area contributed by atoms with Crippen LogP contribution in [0.1, 0.15) is 40.3 Å². The Kier molecular flexibility index (Phi) is 8.32. The molecule has 0 bridgehead atoms. The zero-order valence-corrected chi connectivity index (χ0v) is 23.2. The summed E-state index contributed by atoms with van der Waals surface area (Å²) in [6, 6.07) is 11.8. The molecule has 0 spiro atoms. The summed E-state index contributed by atoms with van der Waals surface area (Å²) in [5.41, 5.74) is -4.16. The Hall–Kier alpha value is -3.38. The van der Waals surface area contributed by atoms with Crippen molar-refractivity contribution >= 4 is 24.5 Å². The number of H-pyrrole nitrogens is 1. The molecule has 2 heterocycles. The maximum atomic E-state index is 15.9. The molecule has 0 amide bonds. The summed E-state index contributed by atoms with van der Waals surface area (Å²) in [4.78, 5) is 38.0. The Labute approximate surface area is 228 Å². The average Bonchev–Trinajstić information content (AvgIpc) is 3.11. The number of nitrogens with zero attached hydrogens (tertiary/aromatic N) is 1. The first kappa shape index (κ1) is 29.6. The molecule has 1 fully saturated rings. The SMILES string of the molecule is CC(C)OC(=O)C(C)NP(=O)(OCC1(F)CC(C)(F)C(n2ccc(=O)[nH]c2=O)O1)Oc1cccc2ccccc12. The van der Waals surface area contributed by atoms with Crippen LogP contribution in [-0.4, -0.2) is 45.8 Å². The zero-order valence-electron chi connectivity index (χ0n) is 22.3. The smallest absolute Gasteiger partial charge is 0.459 e. The summed E-state index contributed by atoms with van der Waals surface area (Å²) >= 11 is 0. The van der Waals surface area contributed by atoms with Crippen molar-refractivity contribution in [3.8, 4) is 5.75 Å². The predicted octanol–water partition coefficient (Wildman–Crippen LogP) is 4.14. The maximum absolute atomic E-state index is 15.9. The molecule has 1 aliphatic rings. The van der Waals surface area contributed by atoms with Gasteiger partial charge in [0.15, 0.2) is 11.9 Å². The second kappa shape index (κ2) is 11.2. The first-order valence-corrected chi connectivity index (χ1v) is 14.0. The van der Waals surface area contributed by atoms with Crippen LogP contribution >= 0.6 is 7.75 Å². The van der Waals surface area contributed by atoms with E-state index >= 15 is 8.78 Å². The summed E-state index contributed by atoms with van der Waals surface area (Å²) in [6.07, 6.45) is -2.16. The van der Waals surface area contributed by atoms with Crippen LogP contribution in [0.5, 0.6) is 5.75 Å². The van der Waals surface area contributed by atoms with E-state index in [2.05, 4.69) is 5.09 Å². The minimum atomic E-state index is -4.55. The molecule has 4 rings (SSSR count). The van der Waals surface area contributed by atoms with Gasteiger partial charge in [-0.05, 0) is 39.1 Å². The lowest BCUT2D eigenvalue weighted by atomic mass is 10.0. The fraction of sp³-hybridized carbons (Fsp3) is 0.423. The van der Waals surface area contributed by atoms with E-state index in [0.717, 1.165) is 24.6 Å². The standard InChI is InChI=1S/C26H30F2N3O8P/c1-16(2)37-22(33)17(3)30-40(35,39-20-11-7-9-18-8-5-6-10-19(18)20)36-15-26(28)14-25(4,27)23(38-26)31-13-12-21(32)29-24(31)34/h5-13,16-17,23H,14-15H2,1-4H3,(H,30,35)(H,29,32,34). The summed E-state index contributed by atoms with van der Waals surface area (Å²) in [6.45, 7) is 4.56. The van der Waals surface area contributed by atoms with Crippen LogP contribution < -0.4 is 20.9 Å². The van der Waals surface area contributed by atoms with Gasteiger partial charge in [-0.3, -0.25) is 23.7 Å². The number of esters is 1. The molecule has 1 aliphatic heterocycles. The normalized spacial score (nSPS) is 25.0. The van der Waals surface area contributed by atoms with Crippen LogP contribution in [0.3, 0.4) is 0 Å². The van der Waals surface area contributed by atoms with E-state index in [9.17, 15) is 18.9 Å². The van der Waals surface area contributed by atoms with Crippen LogP contribution in [0, 0.1) is 0 Å². The van der Waals surface area contributed by atoms with Crippen LogP contribution in [0.2, 0.25) is 0 Å². The van der Waals surface area contributed by atoms with Gasteiger partial charge in [0.25, 0.3) is 5.56 Å². The number of hydrogen-bond acceptors (Lipinski definition) is 8. The number of nitrogens with one attached hydrogen (secondary N) is 2. The second-order valence-electron chi connectivity index (χ2n) is 10.0. The highest BCUT2D eigenvalue weighted by Crippen LogP contribution is 2.51. The first-order valence-electron chi connectivity index (χ1n) is 12.5. The molecule has 11 nitrogen and oxygen atoms in total. The molecule has 216 valence electrons. The Morgan fingerprint density at radius 1 is 1.18 bits per heavy atom. The highest BCUT2D eigenvalue weighted by Gasteiger charge is 2.57. The van der Waals surface area contributed by atoms with Gasteiger partial charge in [0.1, 0.15) is 18.4 Å². The fourth-order valence-corrected chi connectivity index (χ4v) is 5.85. The van der Waals surface area contributed by atoms with E-state index in [4.69, 9.17) is 18.5 Å². The zero-order chi connectivity index (χ0) is 29.3. The molecule has 14 heteroatoms. The van der Waals surface area contributed by atoms with E-state index in [1.165, 1.54) is 13.0 Å². The third-order valence-corrected chi connectivity index (χ3v) is 7.64.